The van der Waals surface area contributed by atoms with Crippen LogP contribution < -0.4 is 5.32 Å². The molecule has 0 bridgehead atoms. The van der Waals surface area contributed by atoms with E-state index in [9.17, 15) is 0 Å². The van der Waals surface area contributed by atoms with Gasteiger partial charge in [-0.15, -0.1) is 0 Å². The molecule has 0 spiro atoms. The van der Waals surface area contributed by atoms with Gasteiger partial charge in [0.15, 0.2) is 0 Å². The molecule has 1 aromatic heterocycles. The summed E-state index contributed by atoms with van der Waals surface area (Å²) < 4.78 is 6.04. The lowest BCUT2D eigenvalue weighted by atomic mass is 9.63. The van der Waals surface area contributed by atoms with Gasteiger partial charge in [-0.1, -0.05) is 58.0 Å². The van der Waals surface area contributed by atoms with Crippen molar-refractivity contribution in [2.24, 2.45) is 0 Å². The van der Waals surface area contributed by atoms with Crippen molar-refractivity contribution < 1.29 is 4.42 Å². The normalized spacial score (nSPS) is 17.6. The number of benzene rings is 3. The standard InChI is InChI=1S/C26H27NO/c1-25(2)14-15-26(3,4)20-16-17(12-13-19(20)25)27-21-9-7-11-23-24(21)18-8-5-6-10-22(18)28-23/h5-13,16,27H,14-15H2,1-4H3. The van der Waals surface area contributed by atoms with Crippen LogP contribution >= 0.6 is 0 Å². The van der Waals surface area contributed by atoms with Crippen LogP contribution in [0.1, 0.15) is 51.7 Å². The minimum absolute atomic E-state index is 0.205. The number of hydrogen-bond acceptors (Lipinski definition) is 2. The van der Waals surface area contributed by atoms with Crippen molar-refractivity contribution in [2.75, 3.05) is 5.32 Å². The maximum absolute atomic E-state index is 6.04. The van der Waals surface area contributed by atoms with Crippen molar-refractivity contribution >= 4 is 33.3 Å². The minimum atomic E-state index is 0.205. The largest absolute Gasteiger partial charge is 0.456 e. The van der Waals surface area contributed by atoms with Gasteiger partial charge in [-0.2, -0.15) is 0 Å². The number of para-hydroxylation sites is 1. The molecule has 142 valence electrons. The third kappa shape index (κ3) is 2.63. The highest BCUT2D eigenvalue weighted by atomic mass is 16.3. The first-order chi connectivity index (χ1) is 13.4. The summed E-state index contributed by atoms with van der Waals surface area (Å²) in [4.78, 5) is 0. The maximum Gasteiger partial charge on any atom is 0.137 e. The van der Waals surface area contributed by atoms with Gasteiger partial charge in [-0.3, -0.25) is 0 Å². The molecule has 28 heavy (non-hydrogen) atoms. The van der Waals surface area contributed by atoms with Crippen LogP contribution in [0.3, 0.4) is 0 Å². The summed E-state index contributed by atoms with van der Waals surface area (Å²) in [6, 6.07) is 21.4. The van der Waals surface area contributed by atoms with Crippen LogP contribution in [0.15, 0.2) is 65.1 Å². The van der Waals surface area contributed by atoms with Crippen LogP contribution in [-0.4, -0.2) is 0 Å². The zero-order valence-electron chi connectivity index (χ0n) is 17.1. The molecule has 0 radical (unpaired) electrons. The smallest absolute Gasteiger partial charge is 0.137 e. The van der Waals surface area contributed by atoms with Crippen LogP contribution in [0.25, 0.3) is 21.9 Å². The van der Waals surface area contributed by atoms with Crippen molar-refractivity contribution in [3.8, 4) is 0 Å². The number of furan rings is 1. The Bertz CT molecular complexity index is 1200. The molecule has 0 unspecified atom stereocenters. The molecule has 1 heterocycles. The Balaban J connectivity index is 1.63. The van der Waals surface area contributed by atoms with E-state index in [4.69, 9.17) is 4.42 Å². The van der Waals surface area contributed by atoms with Gasteiger partial charge in [0, 0.05) is 11.1 Å². The summed E-state index contributed by atoms with van der Waals surface area (Å²) >= 11 is 0. The van der Waals surface area contributed by atoms with E-state index in [1.165, 1.54) is 24.0 Å². The zero-order chi connectivity index (χ0) is 19.5. The molecule has 1 aliphatic rings. The molecule has 0 aliphatic heterocycles. The average molecular weight is 370 g/mol. The molecule has 2 nitrogen and oxygen atoms in total. The number of hydrogen-bond donors (Lipinski definition) is 1. The molecule has 0 amide bonds. The molecule has 2 heteroatoms. The fourth-order valence-electron chi connectivity index (χ4n) is 4.70. The summed E-state index contributed by atoms with van der Waals surface area (Å²) in [7, 11) is 0. The van der Waals surface area contributed by atoms with E-state index in [0.29, 0.717) is 0 Å². The Morgan fingerprint density at radius 3 is 2.29 bits per heavy atom. The second kappa shape index (κ2) is 5.88. The van der Waals surface area contributed by atoms with Crippen molar-refractivity contribution in [3.05, 3.63) is 71.8 Å². The number of nitrogens with one attached hydrogen (secondary N) is 1. The molecule has 4 aromatic rings. The second-order valence-electron chi connectivity index (χ2n) is 9.43. The van der Waals surface area contributed by atoms with Crippen molar-refractivity contribution in [2.45, 2.75) is 51.4 Å². The van der Waals surface area contributed by atoms with E-state index >= 15 is 0 Å². The highest BCUT2D eigenvalue weighted by Crippen LogP contribution is 2.47. The van der Waals surface area contributed by atoms with Crippen LogP contribution in [0.2, 0.25) is 0 Å². The van der Waals surface area contributed by atoms with Crippen molar-refractivity contribution in [1.82, 2.24) is 0 Å². The maximum atomic E-state index is 6.04. The van der Waals surface area contributed by atoms with Gasteiger partial charge in [-0.05, 0) is 65.1 Å². The number of rotatable bonds is 2. The molecule has 0 saturated carbocycles. The highest BCUT2D eigenvalue weighted by molar-refractivity contribution is 6.11. The van der Waals surface area contributed by atoms with Crippen LogP contribution in [-0.2, 0) is 10.8 Å². The first kappa shape index (κ1) is 17.4. The Kier molecular flexibility index (Phi) is 3.64. The van der Waals surface area contributed by atoms with E-state index in [-0.39, 0.29) is 10.8 Å². The van der Waals surface area contributed by atoms with E-state index in [1.807, 2.05) is 18.2 Å². The molecular formula is C26H27NO. The summed E-state index contributed by atoms with van der Waals surface area (Å²) in [6.07, 6.45) is 2.46. The van der Waals surface area contributed by atoms with Gasteiger partial charge in [0.2, 0.25) is 0 Å². The molecule has 1 N–H and O–H groups in total. The lowest BCUT2D eigenvalue weighted by molar-refractivity contribution is 0.332. The monoisotopic (exact) mass is 369 g/mol. The summed E-state index contributed by atoms with van der Waals surface area (Å²) in [6.45, 7) is 9.48. The summed E-state index contributed by atoms with van der Waals surface area (Å²) in [5, 5.41) is 5.98. The fraction of sp³-hybridized carbons (Fsp3) is 0.308. The molecule has 5 rings (SSSR count). The van der Waals surface area contributed by atoms with Crippen LogP contribution in [0.5, 0.6) is 0 Å². The van der Waals surface area contributed by atoms with Crippen molar-refractivity contribution in [1.29, 1.82) is 0 Å². The third-order valence-electron chi connectivity index (χ3n) is 6.53. The molecule has 0 saturated heterocycles. The minimum Gasteiger partial charge on any atom is -0.456 e. The van der Waals surface area contributed by atoms with Gasteiger partial charge in [0.05, 0.1) is 11.1 Å². The van der Waals surface area contributed by atoms with Gasteiger partial charge in [0.1, 0.15) is 11.2 Å². The van der Waals surface area contributed by atoms with Gasteiger partial charge in [0.25, 0.3) is 0 Å². The molecule has 0 atom stereocenters. The molecular weight excluding hydrogens is 342 g/mol. The highest BCUT2D eigenvalue weighted by Gasteiger charge is 2.36. The lowest BCUT2D eigenvalue weighted by Gasteiger charge is -2.42. The Hall–Kier alpha value is -2.74. The van der Waals surface area contributed by atoms with E-state index in [0.717, 1.165) is 33.3 Å². The first-order valence-corrected chi connectivity index (χ1v) is 10.2. The van der Waals surface area contributed by atoms with Crippen LogP contribution in [0.4, 0.5) is 11.4 Å². The predicted octanol–water partition coefficient (Wildman–Crippen LogP) is 7.68. The predicted molar refractivity (Wildman–Crippen MR) is 119 cm³/mol. The van der Waals surface area contributed by atoms with Gasteiger partial charge in [-0.25, -0.2) is 0 Å². The topological polar surface area (TPSA) is 25.2 Å². The quantitative estimate of drug-likeness (QED) is 0.392. The molecule has 3 aromatic carbocycles. The molecule has 0 fully saturated rings. The molecule has 1 aliphatic carbocycles. The zero-order valence-corrected chi connectivity index (χ0v) is 17.1. The Morgan fingerprint density at radius 2 is 1.46 bits per heavy atom. The van der Waals surface area contributed by atoms with E-state index < -0.39 is 0 Å². The van der Waals surface area contributed by atoms with E-state index in [1.54, 1.807) is 0 Å². The number of fused-ring (bicyclic) bond motifs is 4. The Labute approximate surface area is 166 Å². The van der Waals surface area contributed by atoms with Crippen LogP contribution in [0, 0.1) is 0 Å². The fourth-order valence-corrected chi connectivity index (χ4v) is 4.70. The SMILES string of the molecule is CC1(C)CCC(C)(C)c2cc(Nc3cccc4oc5ccccc5c34)ccc21. The first-order valence-electron chi connectivity index (χ1n) is 10.2. The van der Waals surface area contributed by atoms with Gasteiger partial charge < -0.3 is 9.73 Å². The summed E-state index contributed by atoms with van der Waals surface area (Å²) in [5.41, 5.74) is 7.49. The second-order valence-corrected chi connectivity index (χ2v) is 9.43. The average Bonchev–Trinajstić information content (AvgIpc) is 3.05. The Morgan fingerprint density at radius 1 is 0.750 bits per heavy atom. The lowest BCUT2D eigenvalue weighted by Crippen LogP contribution is -2.33. The van der Waals surface area contributed by atoms with Crippen molar-refractivity contribution in [3.63, 3.8) is 0 Å². The number of anilines is 2. The van der Waals surface area contributed by atoms with E-state index in [2.05, 4.69) is 75.5 Å². The summed E-state index contributed by atoms with van der Waals surface area (Å²) in [5.74, 6) is 0. The third-order valence-corrected chi connectivity index (χ3v) is 6.53. The van der Waals surface area contributed by atoms with Gasteiger partial charge >= 0.3 is 0 Å².